The molecule has 3 aliphatic heterocycles. The van der Waals surface area contributed by atoms with Crippen molar-refractivity contribution in [3.63, 3.8) is 0 Å². The van der Waals surface area contributed by atoms with Crippen LogP contribution in [0.2, 0.25) is 0 Å². The van der Waals surface area contributed by atoms with Crippen molar-refractivity contribution in [3.8, 4) is 0 Å². The molecule has 6 heteroatoms. The number of ether oxygens (including phenoxy) is 1. The second-order valence-corrected chi connectivity index (χ2v) is 8.48. The van der Waals surface area contributed by atoms with E-state index in [4.69, 9.17) is 4.74 Å². The number of halogens is 1. The zero-order valence-electron chi connectivity index (χ0n) is 16.6. The molecule has 3 saturated heterocycles. The molecule has 0 aliphatic carbocycles. The number of piperidine rings is 1. The number of hydrogen-bond acceptors (Lipinski definition) is 3. The Bertz CT molecular complexity index is 749. The predicted molar refractivity (Wildman–Crippen MR) is 103 cm³/mol. The zero-order valence-corrected chi connectivity index (χ0v) is 16.6. The summed E-state index contributed by atoms with van der Waals surface area (Å²) in [6.45, 7) is 5.02. The molecule has 1 spiro atoms. The van der Waals surface area contributed by atoms with Gasteiger partial charge in [0.2, 0.25) is 5.91 Å². The largest absolute Gasteiger partial charge is 0.381 e. The minimum Gasteiger partial charge on any atom is -0.381 e. The van der Waals surface area contributed by atoms with Crippen LogP contribution >= 0.6 is 0 Å². The molecule has 4 rings (SSSR count). The molecule has 0 radical (unpaired) electrons. The van der Waals surface area contributed by atoms with Crippen molar-refractivity contribution in [3.05, 3.63) is 35.1 Å². The Morgan fingerprint density at radius 3 is 2.46 bits per heavy atom. The fourth-order valence-corrected chi connectivity index (χ4v) is 5.12. The van der Waals surface area contributed by atoms with Gasteiger partial charge in [0.15, 0.2) is 0 Å². The molecule has 3 aliphatic rings. The van der Waals surface area contributed by atoms with Crippen molar-refractivity contribution in [2.75, 3.05) is 32.8 Å². The molecular formula is C22H29FN2O3. The van der Waals surface area contributed by atoms with Gasteiger partial charge in [-0.3, -0.25) is 9.59 Å². The molecule has 1 unspecified atom stereocenters. The lowest BCUT2D eigenvalue weighted by atomic mass is 9.67. The van der Waals surface area contributed by atoms with Crippen LogP contribution in [-0.4, -0.2) is 60.5 Å². The van der Waals surface area contributed by atoms with Crippen molar-refractivity contribution in [1.82, 2.24) is 9.80 Å². The number of carbonyl (C=O) groups excluding carboxylic acids is 2. The van der Waals surface area contributed by atoms with Crippen LogP contribution in [-0.2, 0) is 9.53 Å². The van der Waals surface area contributed by atoms with Gasteiger partial charge >= 0.3 is 0 Å². The Labute approximate surface area is 165 Å². The fraction of sp³-hybridized carbons (Fsp3) is 0.636. The number of aryl methyl sites for hydroxylation is 1. The zero-order chi connectivity index (χ0) is 19.7. The van der Waals surface area contributed by atoms with Gasteiger partial charge in [0.25, 0.3) is 5.91 Å². The van der Waals surface area contributed by atoms with E-state index in [1.54, 1.807) is 24.0 Å². The third kappa shape index (κ3) is 3.43. The first-order chi connectivity index (χ1) is 13.5. The quantitative estimate of drug-likeness (QED) is 0.782. The van der Waals surface area contributed by atoms with Crippen molar-refractivity contribution < 1.29 is 18.7 Å². The number of carbonyl (C=O) groups is 2. The first-order valence-electron chi connectivity index (χ1n) is 10.5. The van der Waals surface area contributed by atoms with Gasteiger partial charge in [-0.05, 0) is 63.1 Å². The van der Waals surface area contributed by atoms with E-state index in [1.165, 1.54) is 6.07 Å². The van der Waals surface area contributed by atoms with Crippen LogP contribution in [0.5, 0.6) is 0 Å². The molecule has 152 valence electrons. The highest BCUT2D eigenvalue weighted by molar-refractivity contribution is 5.98. The lowest BCUT2D eigenvalue weighted by molar-refractivity contribution is -0.147. The van der Waals surface area contributed by atoms with E-state index in [2.05, 4.69) is 0 Å². The topological polar surface area (TPSA) is 49.9 Å². The molecule has 1 atom stereocenters. The summed E-state index contributed by atoms with van der Waals surface area (Å²) < 4.78 is 19.7. The van der Waals surface area contributed by atoms with Crippen molar-refractivity contribution >= 4 is 11.8 Å². The summed E-state index contributed by atoms with van der Waals surface area (Å²) in [6.07, 6.45) is 5.43. The van der Waals surface area contributed by atoms with Crippen LogP contribution in [0.1, 0.15) is 54.4 Å². The highest BCUT2D eigenvalue weighted by Gasteiger charge is 2.52. The van der Waals surface area contributed by atoms with Crippen molar-refractivity contribution in [1.29, 1.82) is 0 Å². The molecule has 0 saturated carbocycles. The molecule has 1 aromatic rings. The summed E-state index contributed by atoms with van der Waals surface area (Å²) in [5, 5.41) is 0. The number of nitrogens with zero attached hydrogens (tertiary/aromatic N) is 2. The number of likely N-dealkylation sites (tertiary alicyclic amines) is 2. The molecule has 3 fully saturated rings. The third-order valence-corrected chi connectivity index (χ3v) is 6.79. The second kappa shape index (κ2) is 7.82. The molecule has 0 N–H and O–H groups in total. The number of benzene rings is 1. The molecule has 2 amide bonds. The minimum atomic E-state index is -0.472. The summed E-state index contributed by atoms with van der Waals surface area (Å²) >= 11 is 0. The van der Waals surface area contributed by atoms with Gasteiger partial charge in [0, 0.05) is 43.8 Å². The first kappa shape index (κ1) is 19.4. The number of amides is 2. The third-order valence-electron chi connectivity index (χ3n) is 6.79. The van der Waals surface area contributed by atoms with Gasteiger partial charge in [-0.2, -0.15) is 0 Å². The molecule has 1 aromatic carbocycles. The van der Waals surface area contributed by atoms with Gasteiger partial charge in [0.1, 0.15) is 11.9 Å². The molecule has 0 bridgehead atoms. The van der Waals surface area contributed by atoms with Crippen LogP contribution in [0.4, 0.5) is 4.39 Å². The molecular weight excluding hydrogens is 359 g/mol. The monoisotopic (exact) mass is 388 g/mol. The van der Waals surface area contributed by atoms with Crippen molar-refractivity contribution in [2.24, 2.45) is 5.41 Å². The van der Waals surface area contributed by atoms with Gasteiger partial charge in [-0.15, -0.1) is 0 Å². The van der Waals surface area contributed by atoms with E-state index in [1.807, 2.05) is 4.90 Å². The van der Waals surface area contributed by atoms with E-state index in [9.17, 15) is 14.0 Å². The molecule has 28 heavy (non-hydrogen) atoms. The summed E-state index contributed by atoms with van der Waals surface area (Å²) in [6, 6.07) is 4.14. The van der Waals surface area contributed by atoms with Crippen LogP contribution < -0.4 is 0 Å². The van der Waals surface area contributed by atoms with E-state index < -0.39 is 6.04 Å². The normalized spacial score (nSPS) is 24.6. The Balaban J connectivity index is 1.69. The molecule has 5 nitrogen and oxygen atoms in total. The Morgan fingerprint density at radius 2 is 1.79 bits per heavy atom. The van der Waals surface area contributed by atoms with Gasteiger partial charge in [0.05, 0.1) is 0 Å². The highest BCUT2D eigenvalue weighted by Crippen LogP contribution is 2.45. The van der Waals surface area contributed by atoms with E-state index >= 15 is 0 Å². The minimum absolute atomic E-state index is 0.0695. The van der Waals surface area contributed by atoms with Crippen LogP contribution in [0.15, 0.2) is 18.2 Å². The molecule has 3 heterocycles. The lowest BCUT2D eigenvalue weighted by Crippen LogP contribution is -2.62. The van der Waals surface area contributed by atoms with Gasteiger partial charge in [-0.1, -0.05) is 6.07 Å². The maximum absolute atomic E-state index is 14.1. The first-order valence-corrected chi connectivity index (χ1v) is 10.5. The van der Waals surface area contributed by atoms with E-state index in [-0.39, 0.29) is 23.0 Å². The smallest absolute Gasteiger partial charge is 0.254 e. The average Bonchev–Trinajstić information content (AvgIpc) is 3.24. The van der Waals surface area contributed by atoms with Gasteiger partial charge < -0.3 is 14.5 Å². The van der Waals surface area contributed by atoms with Crippen LogP contribution in [0.25, 0.3) is 0 Å². The fourth-order valence-electron chi connectivity index (χ4n) is 5.12. The second-order valence-electron chi connectivity index (χ2n) is 8.48. The average molecular weight is 388 g/mol. The Morgan fingerprint density at radius 1 is 1.07 bits per heavy atom. The summed E-state index contributed by atoms with van der Waals surface area (Å²) in [5.41, 5.74) is 0.613. The highest BCUT2D eigenvalue weighted by atomic mass is 19.1. The lowest BCUT2D eigenvalue weighted by Gasteiger charge is -2.51. The summed E-state index contributed by atoms with van der Waals surface area (Å²) in [7, 11) is 0. The van der Waals surface area contributed by atoms with Gasteiger partial charge in [-0.25, -0.2) is 4.39 Å². The maximum Gasteiger partial charge on any atom is 0.254 e. The Hall–Kier alpha value is -1.95. The van der Waals surface area contributed by atoms with Crippen molar-refractivity contribution in [2.45, 2.75) is 51.5 Å². The van der Waals surface area contributed by atoms with Crippen LogP contribution in [0, 0.1) is 18.2 Å². The Kier molecular flexibility index (Phi) is 5.41. The summed E-state index contributed by atoms with van der Waals surface area (Å²) in [4.78, 5) is 30.6. The van der Waals surface area contributed by atoms with E-state index in [0.29, 0.717) is 30.9 Å². The predicted octanol–water partition coefficient (Wildman–Crippen LogP) is 3.16. The van der Waals surface area contributed by atoms with Crippen LogP contribution in [0.3, 0.4) is 0 Å². The standard InChI is InChI=1S/C22H29FN2O3/c1-16-5-6-17(15-18(16)23)20(26)25-12-4-7-22(8-13-28-14-9-22)19(25)21(27)24-10-2-3-11-24/h5-6,15,19H,2-4,7-14H2,1H3. The summed E-state index contributed by atoms with van der Waals surface area (Å²) in [5.74, 6) is -0.548. The number of hydrogen-bond donors (Lipinski definition) is 0. The molecule has 0 aromatic heterocycles. The number of rotatable bonds is 2. The maximum atomic E-state index is 14.1. The van der Waals surface area contributed by atoms with E-state index in [0.717, 1.165) is 51.6 Å². The SMILES string of the molecule is Cc1ccc(C(=O)N2CCCC3(CCOCC3)C2C(=O)N2CCCC2)cc1F.